The van der Waals surface area contributed by atoms with Gasteiger partial charge in [0.05, 0.1) is 6.16 Å². The predicted molar refractivity (Wildman–Crippen MR) is 68.1 cm³/mol. The van der Waals surface area contributed by atoms with Gasteiger partial charge < -0.3 is 24.9 Å². The molecule has 20 heavy (non-hydrogen) atoms. The van der Waals surface area contributed by atoms with Crippen molar-refractivity contribution in [2.24, 2.45) is 0 Å². The first-order valence-electron chi connectivity index (χ1n) is 5.52. The van der Waals surface area contributed by atoms with Crippen LogP contribution in [0.25, 0.3) is 0 Å². The molecule has 8 nitrogen and oxygen atoms in total. The van der Waals surface area contributed by atoms with Gasteiger partial charge in [0.2, 0.25) is 0 Å². The van der Waals surface area contributed by atoms with Gasteiger partial charge in [0, 0.05) is 0 Å². The lowest BCUT2D eigenvalue weighted by Crippen LogP contribution is -2.43. The number of nitrogens with one attached hydrogen (secondary N) is 1. The van der Waals surface area contributed by atoms with E-state index in [9.17, 15) is 14.2 Å². The van der Waals surface area contributed by atoms with Gasteiger partial charge in [-0.1, -0.05) is 30.3 Å². The van der Waals surface area contributed by atoms with Gasteiger partial charge in [0.25, 0.3) is 0 Å². The Morgan fingerprint density at radius 1 is 1.25 bits per heavy atom. The van der Waals surface area contributed by atoms with Gasteiger partial charge in [-0.3, -0.25) is 4.57 Å². The molecule has 0 aromatic heterocycles. The number of carboxylic acids is 1. The van der Waals surface area contributed by atoms with Gasteiger partial charge in [-0.25, -0.2) is 9.59 Å². The molecule has 0 bridgehead atoms. The average molecular weight is 303 g/mol. The molecule has 110 valence electrons. The molecule has 0 aliphatic heterocycles. The van der Waals surface area contributed by atoms with Crippen LogP contribution in [0.1, 0.15) is 5.56 Å². The highest BCUT2D eigenvalue weighted by molar-refractivity contribution is 7.51. The summed E-state index contributed by atoms with van der Waals surface area (Å²) >= 11 is 0. The van der Waals surface area contributed by atoms with E-state index in [1.165, 1.54) is 0 Å². The summed E-state index contributed by atoms with van der Waals surface area (Å²) in [6.45, 7) is -0.0745. The Morgan fingerprint density at radius 2 is 1.85 bits per heavy atom. The number of alkyl carbamates (subject to hydrolysis) is 1. The summed E-state index contributed by atoms with van der Waals surface area (Å²) in [5, 5.41) is 10.6. The Hall–Kier alpha value is -1.89. The number of hydrogen-bond donors (Lipinski definition) is 4. The van der Waals surface area contributed by atoms with Crippen LogP contribution in [0.2, 0.25) is 0 Å². The van der Waals surface area contributed by atoms with E-state index < -0.39 is 31.9 Å². The minimum atomic E-state index is -4.56. The van der Waals surface area contributed by atoms with Crippen molar-refractivity contribution < 1.29 is 33.8 Å². The second kappa shape index (κ2) is 7.04. The van der Waals surface area contributed by atoms with Crippen LogP contribution in [-0.4, -0.2) is 39.2 Å². The van der Waals surface area contributed by atoms with Gasteiger partial charge >= 0.3 is 19.7 Å². The van der Waals surface area contributed by atoms with E-state index in [0.29, 0.717) is 5.56 Å². The molecular weight excluding hydrogens is 289 g/mol. The molecule has 0 saturated carbocycles. The lowest BCUT2D eigenvalue weighted by atomic mass is 10.2. The van der Waals surface area contributed by atoms with Crippen LogP contribution in [0.4, 0.5) is 4.79 Å². The molecule has 1 rings (SSSR count). The highest BCUT2D eigenvalue weighted by atomic mass is 31.2. The SMILES string of the molecule is O=C(NC(CP(=O)(O)O)C(=O)O)OCc1ccccc1. The number of aliphatic carboxylic acids is 1. The monoisotopic (exact) mass is 303 g/mol. The Morgan fingerprint density at radius 3 is 2.35 bits per heavy atom. The van der Waals surface area contributed by atoms with E-state index >= 15 is 0 Å². The van der Waals surface area contributed by atoms with Crippen molar-refractivity contribution in [1.29, 1.82) is 0 Å². The molecule has 0 fully saturated rings. The first-order valence-corrected chi connectivity index (χ1v) is 7.32. The molecule has 1 aromatic rings. The summed E-state index contributed by atoms with van der Waals surface area (Å²) in [5.74, 6) is -1.55. The molecule has 0 aliphatic rings. The van der Waals surface area contributed by atoms with Crippen LogP contribution in [-0.2, 0) is 20.7 Å². The fraction of sp³-hybridized carbons (Fsp3) is 0.273. The normalized spacial score (nSPS) is 12.5. The summed E-state index contributed by atoms with van der Waals surface area (Å²) in [4.78, 5) is 39.6. The number of ether oxygens (including phenoxy) is 1. The molecular formula is C11H14NO7P. The van der Waals surface area contributed by atoms with Gasteiger partial charge in [0.1, 0.15) is 12.6 Å². The topological polar surface area (TPSA) is 133 Å². The Labute approximate surface area is 114 Å². The summed E-state index contributed by atoms with van der Waals surface area (Å²) in [7, 11) is -4.56. The van der Waals surface area contributed by atoms with Crippen LogP contribution >= 0.6 is 7.60 Å². The summed E-state index contributed by atoms with van der Waals surface area (Å²) in [5.41, 5.74) is 0.699. The molecule has 0 aliphatic carbocycles. The van der Waals surface area contributed by atoms with Crippen molar-refractivity contribution in [3.63, 3.8) is 0 Å². The van der Waals surface area contributed by atoms with Gasteiger partial charge in [-0.05, 0) is 5.56 Å². The average Bonchev–Trinajstić information content (AvgIpc) is 2.35. The number of benzene rings is 1. The first kappa shape index (κ1) is 16.2. The summed E-state index contributed by atoms with van der Waals surface area (Å²) < 4.78 is 15.5. The highest BCUT2D eigenvalue weighted by Crippen LogP contribution is 2.34. The van der Waals surface area contributed by atoms with E-state index in [0.717, 1.165) is 0 Å². The lowest BCUT2D eigenvalue weighted by molar-refractivity contribution is -0.138. The van der Waals surface area contributed by atoms with Gasteiger partial charge in [0.15, 0.2) is 0 Å². The van der Waals surface area contributed by atoms with E-state index in [-0.39, 0.29) is 6.61 Å². The van der Waals surface area contributed by atoms with Crippen LogP contribution in [0.3, 0.4) is 0 Å². The smallest absolute Gasteiger partial charge is 0.408 e. The maximum Gasteiger partial charge on any atom is 0.408 e. The molecule has 0 heterocycles. The van der Waals surface area contributed by atoms with Crippen molar-refractivity contribution in [2.45, 2.75) is 12.6 Å². The van der Waals surface area contributed by atoms with E-state index in [4.69, 9.17) is 19.6 Å². The summed E-state index contributed by atoms with van der Waals surface area (Å²) in [6, 6.07) is 6.97. The quantitative estimate of drug-likeness (QED) is 0.564. The largest absolute Gasteiger partial charge is 0.480 e. The number of amides is 1. The lowest BCUT2D eigenvalue weighted by Gasteiger charge is -2.15. The van der Waals surface area contributed by atoms with Crippen molar-refractivity contribution in [3.05, 3.63) is 35.9 Å². The summed E-state index contributed by atoms with van der Waals surface area (Å²) in [6.07, 6.45) is -2.06. The maximum absolute atomic E-state index is 11.4. The Bertz CT molecular complexity index is 513. The fourth-order valence-corrected chi connectivity index (χ4v) is 2.05. The van der Waals surface area contributed by atoms with Gasteiger partial charge in [-0.2, -0.15) is 0 Å². The fourth-order valence-electron chi connectivity index (χ4n) is 1.33. The standard InChI is InChI=1S/C11H14NO7P/c13-10(14)9(7-20(16,17)18)12-11(15)19-6-8-4-2-1-3-5-8/h1-5,9H,6-7H2,(H,12,15)(H,13,14)(H2,16,17,18). The molecule has 1 aromatic carbocycles. The van der Waals surface area contributed by atoms with E-state index in [2.05, 4.69) is 0 Å². The molecule has 1 atom stereocenters. The molecule has 1 amide bonds. The van der Waals surface area contributed by atoms with Crippen LogP contribution in [0.15, 0.2) is 30.3 Å². The third-order valence-electron chi connectivity index (χ3n) is 2.22. The number of hydrogen-bond acceptors (Lipinski definition) is 4. The van der Waals surface area contributed by atoms with E-state index in [1.54, 1.807) is 30.3 Å². The predicted octanol–water partition coefficient (Wildman–Crippen LogP) is 0.544. The highest BCUT2D eigenvalue weighted by Gasteiger charge is 2.29. The molecule has 0 spiro atoms. The molecule has 1 unspecified atom stereocenters. The second-order valence-corrected chi connectivity index (χ2v) is 5.64. The second-order valence-electron chi connectivity index (χ2n) is 3.94. The zero-order valence-corrected chi connectivity index (χ0v) is 11.2. The van der Waals surface area contributed by atoms with Crippen molar-refractivity contribution in [3.8, 4) is 0 Å². The molecule has 9 heteroatoms. The van der Waals surface area contributed by atoms with Crippen LogP contribution < -0.4 is 5.32 Å². The van der Waals surface area contributed by atoms with Crippen molar-refractivity contribution in [1.82, 2.24) is 5.32 Å². The number of carbonyl (C=O) groups excluding carboxylic acids is 1. The molecule has 0 radical (unpaired) electrons. The van der Waals surface area contributed by atoms with Crippen molar-refractivity contribution in [2.75, 3.05) is 6.16 Å². The van der Waals surface area contributed by atoms with Gasteiger partial charge in [-0.15, -0.1) is 0 Å². The number of rotatable bonds is 6. The minimum absolute atomic E-state index is 0.0745. The zero-order chi connectivity index (χ0) is 15.2. The van der Waals surface area contributed by atoms with Crippen LogP contribution in [0.5, 0.6) is 0 Å². The maximum atomic E-state index is 11.4. The zero-order valence-electron chi connectivity index (χ0n) is 10.3. The Kier molecular flexibility index (Phi) is 5.69. The number of carboxylic acid groups (broad SMARTS) is 1. The third kappa shape index (κ3) is 6.33. The van der Waals surface area contributed by atoms with Crippen molar-refractivity contribution >= 4 is 19.7 Å². The third-order valence-corrected chi connectivity index (χ3v) is 3.06. The van der Waals surface area contributed by atoms with Crippen LogP contribution in [0, 0.1) is 0 Å². The first-order chi connectivity index (χ1) is 9.28. The Balaban J connectivity index is 2.50. The number of carbonyl (C=O) groups is 2. The minimum Gasteiger partial charge on any atom is -0.480 e. The van der Waals surface area contributed by atoms with E-state index in [1.807, 2.05) is 5.32 Å². The molecule has 0 saturated heterocycles. The molecule has 4 N–H and O–H groups in total.